The zero-order chi connectivity index (χ0) is 19.1. The van der Waals surface area contributed by atoms with Gasteiger partial charge < -0.3 is 19.1 Å². The van der Waals surface area contributed by atoms with Crippen LogP contribution in [0.3, 0.4) is 0 Å². The van der Waals surface area contributed by atoms with Crippen LogP contribution in [0.2, 0.25) is 0 Å². The Hall–Kier alpha value is -2.90. The lowest BCUT2D eigenvalue weighted by Gasteiger charge is -2.31. The van der Waals surface area contributed by atoms with Crippen LogP contribution >= 0.6 is 0 Å². The highest BCUT2D eigenvalue weighted by Crippen LogP contribution is 2.31. The first-order valence-electron chi connectivity index (χ1n) is 9.22. The summed E-state index contributed by atoms with van der Waals surface area (Å²) in [5, 5.41) is 13.2. The van der Waals surface area contributed by atoms with E-state index < -0.39 is 5.97 Å². The van der Waals surface area contributed by atoms with Gasteiger partial charge in [-0.3, -0.25) is 0 Å². The van der Waals surface area contributed by atoms with Gasteiger partial charge in [-0.15, -0.1) is 0 Å². The molecule has 1 saturated heterocycles. The number of anilines is 1. The molecule has 2 aromatic heterocycles. The average Bonchev–Trinajstić information content (AvgIpc) is 3.27. The number of fused-ring (bicyclic) bond motifs is 1. The minimum atomic E-state index is -0.940. The number of aromatic carboxylic acids is 1. The van der Waals surface area contributed by atoms with Crippen LogP contribution in [-0.4, -0.2) is 43.9 Å². The van der Waals surface area contributed by atoms with Crippen LogP contribution in [0.25, 0.3) is 11.0 Å². The molecule has 0 amide bonds. The summed E-state index contributed by atoms with van der Waals surface area (Å²) in [6.45, 7) is 5.79. The van der Waals surface area contributed by atoms with Gasteiger partial charge in [0.15, 0.2) is 5.82 Å². The van der Waals surface area contributed by atoms with Gasteiger partial charge in [0.25, 0.3) is 0 Å². The molecule has 1 aliphatic rings. The molecule has 0 unspecified atom stereocenters. The Labute approximate surface area is 156 Å². The van der Waals surface area contributed by atoms with Gasteiger partial charge in [0, 0.05) is 32.0 Å². The number of imidazole rings is 1. The van der Waals surface area contributed by atoms with E-state index in [4.69, 9.17) is 4.52 Å². The molecule has 3 aromatic rings. The first-order chi connectivity index (χ1) is 12.9. The molecule has 3 heterocycles. The van der Waals surface area contributed by atoms with Gasteiger partial charge in [-0.1, -0.05) is 19.0 Å². The summed E-state index contributed by atoms with van der Waals surface area (Å²) in [6.07, 6.45) is 1.84. The van der Waals surface area contributed by atoms with E-state index >= 15 is 0 Å². The third-order valence-electron chi connectivity index (χ3n) is 5.21. The summed E-state index contributed by atoms with van der Waals surface area (Å²) in [6, 6.07) is 5.05. The molecule has 142 valence electrons. The van der Waals surface area contributed by atoms with Crippen molar-refractivity contribution >= 4 is 23.0 Å². The Morgan fingerprint density at radius 2 is 2.00 bits per heavy atom. The summed E-state index contributed by atoms with van der Waals surface area (Å²) in [5.74, 6) is 1.95. The number of carbonyl (C=O) groups is 1. The van der Waals surface area contributed by atoms with Crippen LogP contribution in [0.15, 0.2) is 22.7 Å². The van der Waals surface area contributed by atoms with E-state index in [-0.39, 0.29) is 17.4 Å². The molecule has 4 rings (SSSR count). The van der Waals surface area contributed by atoms with Gasteiger partial charge in [-0.05, 0) is 31.0 Å². The van der Waals surface area contributed by atoms with E-state index in [9.17, 15) is 9.90 Å². The van der Waals surface area contributed by atoms with E-state index in [1.165, 1.54) is 0 Å². The molecule has 0 aliphatic carbocycles. The zero-order valence-electron chi connectivity index (χ0n) is 15.7. The lowest BCUT2D eigenvalue weighted by molar-refractivity contribution is 0.0697. The number of aryl methyl sites for hydroxylation is 1. The van der Waals surface area contributed by atoms with Crippen molar-refractivity contribution in [2.24, 2.45) is 7.05 Å². The summed E-state index contributed by atoms with van der Waals surface area (Å²) in [7, 11) is 1.96. The maximum atomic E-state index is 11.2. The van der Waals surface area contributed by atoms with E-state index in [1.54, 1.807) is 12.1 Å². The number of piperidine rings is 1. The molecule has 1 aliphatic heterocycles. The summed E-state index contributed by atoms with van der Waals surface area (Å²) < 4.78 is 7.48. The fraction of sp³-hybridized carbons (Fsp3) is 0.474. The number of carboxylic acids is 1. The second kappa shape index (κ2) is 6.68. The molecule has 0 spiro atoms. The van der Waals surface area contributed by atoms with Crippen molar-refractivity contribution in [3.63, 3.8) is 0 Å². The number of hydrogen-bond donors (Lipinski definition) is 1. The molecule has 8 heteroatoms. The fourth-order valence-corrected chi connectivity index (χ4v) is 3.58. The molecule has 0 saturated carbocycles. The van der Waals surface area contributed by atoms with Crippen LogP contribution in [0.5, 0.6) is 0 Å². The predicted octanol–water partition coefficient (Wildman–Crippen LogP) is 3.16. The van der Waals surface area contributed by atoms with Gasteiger partial charge in [0.2, 0.25) is 11.8 Å². The minimum Gasteiger partial charge on any atom is -0.478 e. The fourth-order valence-electron chi connectivity index (χ4n) is 3.58. The molecule has 0 bridgehead atoms. The highest BCUT2D eigenvalue weighted by atomic mass is 16.5. The van der Waals surface area contributed by atoms with Crippen molar-refractivity contribution in [2.75, 3.05) is 18.0 Å². The maximum Gasteiger partial charge on any atom is 0.335 e. The SMILES string of the molecule is CC(C)c1noc(C2CCN(c3nc4cc(C(=O)O)ccc4n3C)CC2)n1. The van der Waals surface area contributed by atoms with Gasteiger partial charge in [0.05, 0.1) is 16.6 Å². The van der Waals surface area contributed by atoms with Crippen molar-refractivity contribution < 1.29 is 14.4 Å². The second-order valence-corrected chi connectivity index (χ2v) is 7.39. The topological polar surface area (TPSA) is 97.3 Å². The van der Waals surface area contributed by atoms with Gasteiger partial charge in [0.1, 0.15) is 0 Å². The van der Waals surface area contributed by atoms with Crippen LogP contribution in [0.1, 0.15) is 60.6 Å². The molecule has 1 N–H and O–H groups in total. The van der Waals surface area contributed by atoms with Crippen molar-refractivity contribution in [3.05, 3.63) is 35.5 Å². The maximum absolute atomic E-state index is 11.2. The Morgan fingerprint density at radius 1 is 1.26 bits per heavy atom. The van der Waals surface area contributed by atoms with Crippen LogP contribution in [0, 0.1) is 0 Å². The largest absolute Gasteiger partial charge is 0.478 e. The van der Waals surface area contributed by atoms with Gasteiger partial charge in [-0.25, -0.2) is 9.78 Å². The number of nitrogens with zero attached hydrogens (tertiary/aromatic N) is 5. The van der Waals surface area contributed by atoms with Gasteiger partial charge >= 0.3 is 5.97 Å². The number of aromatic nitrogens is 4. The third kappa shape index (κ3) is 3.15. The monoisotopic (exact) mass is 369 g/mol. The molecule has 27 heavy (non-hydrogen) atoms. The average molecular weight is 369 g/mol. The Balaban J connectivity index is 1.52. The molecule has 0 atom stereocenters. The highest BCUT2D eigenvalue weighted by molar-refractivity contribution is 5.93. The van der Waals surface area contributed by atoms with Crippen molar-refractivity contribution in [3.8, 4) is 0 Å². The van der Waals surface area contributed by atoms with E-state index in [1.807, 2.05) is 17.7 Å². The molecule has 1 aromatic carbocycles. The predicted molar refractivity (Wildman–Crippen MR) is 100 cm³/mol. The van der Waals surface area contributed by atoms with Crippen molar-refractivity contribution in [2.45, 2.75) is 38.5 Å². The quantitative estimate of drug-likeness (QED) is 0.754. The van der Waals surface area contributed by atoms with Crippen LogP contribution in [0.4, 0.5) is 5.95 Å². The third-order valence-corrected chi connectivity index (χ3v) is 5.21. The summed E-state index contributed by atoms with van der Waals surface area (Å²) in [5.41, 5.74) is 1.88. The lowest BCUT2D eigenvalue weighted by atomic mass is 9.97. The Morgan fingerprint density at radius 3 is 2.63 bits per heavy atom. The van der Waals surface area contributed by atoms with Gasteiger partial charge in [-0.2, -0.15) is 4.98 Å². The van der Waals surface area contributed by atoms with Crippen LogP contribution < -0.4 is 4.90 Å². The number of hydrogen-bond acceptors (Lipinski definition) is 6. The molecular weight excluding hydrogens is 346 g/mol. The minimum absolute atomic E-state index is 0.253. The summed E-state index contributed by atoms with van der Waals surface area (Å²) >= 11 is 0. The Kier molecular flexibility index (Phi) is 4.33. The second-order valence-electron chi connectivity index (χ2n) is 7.39. The normalized spacial score (nSPS) is 15.8. The van der Waals surface area contributed by atoms with Crippen molar-refractivity contribution in [1.29, 1.82) is 0 Å². The lowest BCUT2D eigenvalue weighted by Crippen LogP contribution is -2.34. The van der Waals surface area contributed by atoms with E-state index in [0.717, 1.165) is 49.1 Å². The highest BCUT2D eigenvalue weighted by Gasteiger charge is 2.27. The van der Waals surface area contributed by atoms with Crippen molar-refractivity contribution in [1.82, 2.24) is 19.7 Å². The first kappa shape index (κ1) is 17.5. The number of benzene rings is 1. The Bertz CT molecular complexity index is 983. The first-order valence-corrected chi connectivity index (χ1v) is 9.22. The molecular formula is C19H23N5O3. The zero-order valence-corrected chi connectivity index (χ0v) is 15.7. The standard InChI is InChI=1S/C19H23N5O3/c1-11(2)16-21-17(27-22-16)12-6-8-24(9-7-12)19-20-14-10-13(18(25)26)4-5-15(14)23(19)3/h4-5,10-12H,6-9H2,1-3H3,(H,25,26). The van der Waals surface area contributed by atoms with E-state index in [2.05, 4.69) is 33.9 Å². The van der Waals surface area contributed by atoms with Crippen LogP contribution in [-0.2, 0) is 7.05 Å². The van der Waals surface area contributed by atoms with E-state index in [0.29, 0.717) is 5.52 Å². The number of carboxylic acid groups (broad SMARTS) is 1. The summed E-state index contributed by atoms with van der Waals surface area (Å²) in [4.78, 5) is 22.6. The number of rotatable bonds is 4. The molecule has 0 radical (unpaired) electrons. The smallest absolute Gasteiger partial charge is 0.335 e. The molecule has 8 nitrogen and oxygen atoms in total. The molecule has 1 fully saturated rings.